The quantitative estimate of drug-likeness (QED) is 0.626. The van der Waals surface area contributed by atoms with Crippen LogP contribution in [-0.4, -0.2) is 22.3 Å². The number of pyridine rings is 1. The lowest BCUT2D eigenvalue weighted by molar-refractivity contribution is 0.101. The number of hydrogen-bond acceptors (Lipinski definition) is 4. The number of nitrogens with two attached hydrogens (primary N) is 1. The van der Waals surface area contributed by atoms with Gasteiger partial charge >= 0.3 is 0 Å². The van der Waals surface area contributed by atoms with Gasteiger partial charge in [-0.15, -0.1) is 0 Å². The summed E-state index contributed by atoms with van der Waals surface area (Å²) in [6.45, 7) is 0.928. The molecule has 2 unspecified atom stereocenters. The van der Waals surface area contributed by atoms with Crippen molar-refractivity contribution in [3.63, 3.8) is 0 Å². The van der Waals surface area contributed by atoms with Crippen molar-refractivity contribution in [2.45, 2.75) is 44.2 Å². The molecule has 20 heavy (non-hydrogen) atoms. The van der Waals surface area contributed by atoms with Crippen LogP contribution in [0.5, 0.6) is 0 Å². The molecule has 3 rings (SSSR count). The normalized spacial score (nSPS) is 20.6. The molecule has 0 bridgehead atoms. The van der Waals surface area contributed by atoms with Crippen LogP contribution in [0.2, 0.25) is 0 Å². The van der Waals surface area contributed by atoms with Gasteiger partial charge in [0.05, 0.1) is 17.8 Å². The van der Waals surface area contributed by atoms with E-state index in [1.54, 1.807) is 0 Å². The number of ether oxygens (including phenoxy) is 1. The van der Waals surface area contributed by atoms with Gasteiger partial charge < -0.3 is 4.74 Å². The lowest BCUT2D eigenvalue weighted by Crippen LogP contribution is -2.28. The van der Waals surface area contributed by atoms with E-state index in [0.717, 1.165) is 31.4 Å². The molecule has 5 nitrogen and oxygen atoms in total. The van der Waals surface area contributed by atoms with Crippen molar-refractivity contribution in [1.29, 1.82) is 0 Å². The number of aromatic nitrogens is 2. The van der Waals surface area contributed by atoms with Gasteiger partial charge in [0.15, 0.2) is 0 Å². The van der Waals surface area contributed by atoms with Gasteiger partial charge in [-0.25, -0.2) is 4.52 Å². The Kier molecular flexibility index (Phi) is 4.30. The summed E-state index contributed by atoms with van der Waals surface area (Å²) in [6, 6.07) is 6.23. The van der Waals surface area contributed by atoms with Crippen molar-refractivity contribution < 1.29 is 4.74 Å². The van der Waals surface area contributed by atoms with Gasteiger partial charge in [0, 0.05) is 24.4 Å². The maximum absolute atomic E-state index is 5.73. The van der Waals surface area contributed by atoms with E-state index in [9.17, 15) is 0 Å². The highest BCUT2D eigenvalue weighted by atomic mass is 16.5. The largest absolute Gasteiger partial charge is 0.378 e. The van der Waals surface area contributed by atoms with Crippen molar-refractivity contribution in [2.75, 3.05) is 6.61 Å². The molecule has 1 fully saturated rings. The predicted octanol–water partition coefficient (Wildman–Crippen LogP) is 2.19. The van der Waals surface area contributed by atoms with Crippen molar-refractivity contribution in [3.05, 3.63) is 36.2 Å². The molecular weight excluding hydrogens is 252 g/mol. The summed E-state index contributed by atoms with van der Waals surface area (Å²) in [5, 5.41) is 4.37. The number of hydrazine groups is 1. The Balaban J connectivity index is 1.63. The zero-order chi connectivity index (χ0) is 13.8. The fraction of sp³-hybridized carbons (Fsp3) is 0.533. The SMILES string of the molecule is NNC(CCCC1CCCO1)c1cnn2ccccc12. The van der Waals surface area contributed by atoms with Gasteiger partial charge in [0.1, 0.15) is 0 Å². The number of nitrogens with zero attached hydrogens (tertiary/aromatic N) is 2. The number of nitrogens with one attached hydrogen (secondary N) is 1. The number of hydrogen-bond donors (Lipinski definition) is 2. The Labute approximate surface area is 119 Å². The summed E-state index contributed by atoms with van der Waals surface area (Å²) in [5.74, 6) is 5.73. The maximum Gasteiger partial charge on any atom is 0.0709 e. The van der Waals surface area contributed by atoms with E-state index in [1.807, 2.05) is 29.0 Å². The lowest BCUT2D eigenvalue weighted by Gasteiger charge is -2.16. The van der Waals surface area contributed by atoms with Crippen LogP contribution in [0.25, 0.3) is 5.52 Å². The fourth-order valence-corrected chi connectivity index (χ4v) is 2.97. The van der Waals surface area contributed by atoms with E-state index in [-0.39, 0.29) is 6.04 Å². The monoisotopic (exact) mass is 274 g/mol. The predicted molar refractivity (Wildman–Crippen MR) is 78.1 cm³/mol. The highest BCUT2D eigenvalue weighted by Gasteiger charge is 2.18. The molecule has 0 radical (unpaired) electrons. The van der Waals surface area contributed by atoms with Crippen LogP contribution in [0.1, 0.15) is 43.7 Å². The summed E-state index contributed by atoms with van der Waals surface area (Å²) in [7, 11) is 0. The first-order valence-corrected chi connectivity index (χ1v) is 7.38. The zero-order valence-electron chi connectivity index (χ0n) is 11.7. The Morgan fingerprint density at radius 1 is 1.50 bits per heavy atom. The molecule has 3 N–H and O–H groups in total. The Morgan fingerprint density at radius 3 is 3.25 bits per heavy atom. The average molecular weight is 274 g/mol. The third-order valence-corrected chi connectivity index (χ3v) is 4.08. The van der Waals surface area contributed by atoms with Crippen molar-refractivity contribution in [3.8, 4) is 0 Å². The van der Waals surface area contributed by atoms with E-state index in [1.165, 1.54) is 18.4 Å². The first kappa shape index (κ1) is 13.5. The van der Waals surface area contributed by atoms with Crippen molar-refractivity contribution in [2.24, 2.45) is 5.84 Å². The highest BCUT2D eigenvalue weighted by Crippen LogP contribution is 2.25. The second kappa shape index (κ2) is 6.35. The lowest BCUT2D eigenvalue weighted by atomic mass is 10.0. The Bertz CT molecular complexity index is 548. The minimum atomic E-state index is 0.149. The fourth-order valence-electron chi connectivity index (χ4n) is 2.97. The first-order chi connectivity index (χ1) is 9.88. The molecule has 3 heterocycles. The summed E-state index contributed by atoms with van der Waals surface area (Å²) < 4.78 is 7.55. The third-order valence-electron chi connectivity index (χ3n) is 4.08. The van der Waals surface area contributed by atoms with Gasteiger partial charge in [-0.1, -0.05) is 6.07 Å². The number of rotatable bonds is 6. The molecule has 1 aliphatic heterocycles. The van der Waals surface area contributed by atoms with Crippen LogP contribution in [0.15, 0.2) is 30.6 Å². The van der Waals surface area contributed by atoms with E-state index in [2.05, 4.69) is 16.6 Å². The maximum atomic E-state index is 5.73. The molecule has 2 aromatic rings. The molecule has 0 aliphatic carbocycles. The zero-order valence-corrected chi connectivity index (χ0v) is 11.7. The molecule has 0 saturated carbocycles. The Morgan fingerprint density at radius 2 is 2.45 bits per heavy atom. The Hall–Kier alpha value is -1.43. The average Bonchev–Trinajstić information content (AvgIpc) is 3.13. The molecule has 1 saturated heterocycles. The second-order valence-electron chi connectivity index (χ2n) is 5.42. The third kappa shape index (κ3) is 2.85. The minimum Gasteiger partial charge on any atom is -0.378 e. The van der Waals surface area contributed by atoms with Crippen molar-refractivity contribution >= 4 is 5.52 Å². The standard InChI is InChI=1S/C15H22N4O/c16-18-14(7-3-5-12-6-4-10-20-12)13-11-17-19-9-2-1-8-15(13)19/h1-2,8-9,11-12,14,18H,3-7,10,16H2. The molecule has 5 heteroatoms. The molecule has 108 valence electrons. The molecule has 2 aromatic heterocycles. The van der Waals surface area contributed by atoms with Crippen LogP contribution in [0.4, 0.5) is 0 Å². The van der Waals surface area contributed by atoms with Gasteiger partial charge in [-0.05, 0) is 44.2 Å². The minimum absolute atomic E-state index is 0.149. The smallest absolute Gasteiger partial charge is 0.0709 e. The van der Waals surface area contributed by atoms with Crippen LogP contribution in [0.3, 0.4) is 0 Å². The first-order valence-electron chi connectivity index (χ1n) is 7.38. The van der Waals surface area contributed by atoms with E-state index in [0.29, 0.717) is 6.10 Å². The molecule has 2 atom stereocenters. The van der Waals surface area contributed by atoms with E-state index < -0.39 is 0 Å². The summed E-state index contributed by atoms with van der Waals surface area (Å²) in [5.41, 5.74) is 5.21. The molecule has 0 spiro atoms. The highest BCUT2D eigenvalue weighted by molar-refractivity contribution is 5.54. The molecular formula is C15H22N4O. The number of fused-ring (bicyclic) bond motifs is 1. The topological polar surface area (TPSA) is 64.6 Å². The molecule has 1 aliphatic rings. The van der Waals surface area contributed by atoms with E-state index >= 15 is 0 Å². The van der Waals surface area contributed by atoms with Gasteiger partial charge in [0.25, 0.3) is 0 Å². The van der Waals surface area contributed by atoms with Gasteiger partial charge in [-0.2, -0.15) is 5.10 Å². The van der Waals surface area contributed by atoms with Gasteiger partial charge in [-0.3, -0.25) is 11.3 Å². The second-order valence-corrected chi connectivity index (χ2v) is 5.42. The van der Waals surface area contributed by atoms with Crippen LogP contribution < -0.4 is 11.3 Å². The van der Waals surface area contributed by atoms with Crippen LogP contribution in [0, 0.1) is 0 Å². The van der Waals surface area contributed by atoms with Crippen LogP contribution in [-0.2, 0) is 4.74 Å². The summed E-state index contributed by atoms with van der Waals surface area (Å²) >= 11 is 0. The van der Waals surface area contributed by atoms with E-state index in [4.69, 9.17) is 10.6 Å². The summed E-state index contributed by atoms with van der Waals surface area (Å²) in [6.07, 6.45) is 9.98. The molecule has 0 amide bonds. The van der Waals surface area contributed by atoms with Crippen LogP contribution >= 0.6 is 0 Å². The van der Waals surface area contributed by atoms with Gasteiger partial charge in [0.2, 0.25) is 0 Å². The van der Waals surface area contributed by atoms with Crippen molar-refractivity contribution in [1.82, 2.24) is 15.0 Å². The molecule has 0 aromatic carbocycles. The summed E-state index contributed by atoms with van der Waals surface area (Å²) in [4.78, 5) is 0.